The summed E-state index contributed by atoms with van der Waals surface area (Å²) >= 11 is 6.00. The van der Waals surface area contributed by atoms with Gasteiger partial charge in [-0.2, -0.15) is 0 Å². The van der Waals surface area contributed by atoms with Crippen molar-refractivity contribution < 1.29 is 14.3 Å². The summed E-state index contributed by atoms with van der Waals surface area (Å²) in [5.74, 6) is -0.459. The van der Waals surface area contributed by atoms with Gasteiger partial charge in [-0.3, -0.25) is 0 Å². The Morgan fingerprint density at radius 2 is 1.79 bits per heavy atom. The normalized spacial score (nSPS) is 16.1. The second-order valence-electron chi connectivity index (χ2n) is 6.55. The summed E-state index contributed by atoms with van der Waals surface area (Å²) in [7, 11) is 0. The number of nitrogens with zero attached hydrogens (tertiary/aromatic N) is 1. The lowest BCUT2D eigenvalue weighted by Crippen LogP contribution is -2.48. The molecular formula is C22H24ClN3O3. The molecule has 0 saturated heterocycles. The van der Waals surface area contributed by atoms with Crippen molar-refractivity contribution in [2.24, 2.45) is 0 Å². The van der Waals surface area contributed by atoms with Gasteiger partial charge in [0, 0.05) is 17.3 Å². The maximum atomic E-state index is 12.9. The minimum Gasteiger partial charge on any atom is -0.463 e. The summed E-state index contributed by atoms with van der Waals surface area (Å²) in [6, 6.07) is 15.9. The molecule has 152 valence electrons. The van der Waals surface area contributed by atoms with Gasteiger partial charge in [0.2, 0.25) is 0 Å². The summed E-state index contributed by atoms with van der Waals surface area (Å²) in [6.07, 6.45) is 0. The van der Waals surface area contributed by atoms with Crippen LogP contribution in [0, 0.1) is 0 Å². The fourth-order valence-corrected chi connectivity index (χ4v) is 3.44. The van der Waals surface area contributed by atoms with Crippen molar-refractivity contribution in [3.05, 3.63) is 76.5 Å². The van der Waals surface area contributed by atoms with Crippen LogP contribution in [-0.2, 0) is 9.53 Å². The fourth-order valence-electron chi connectivity index (χ4n) is 3.31. The van der Waals surface area contributed by atoms with E-state index in [0.29, 0.717) is 29.4 Å². The van der Waals surface area contributed by atoms with Crippen LogP contribution in [0.3, 0.4) is 0 Å². The number of halogens is 1. The number of hydrogen-bond donors (Lipinski definition) is 2. The highest BCUT2D eigenvalue weighted by Crippen LogP contribution is 2.29. The molecule has 3 rings (SSSR count). The molecule has 0 radical (unpaired) electrons. The molecule has 1 unspecified atom stereocenters. The second kappa shape index (κ2) is 9.47. The number of esters is 1. The van der Waals surface area contributed by atoms with Gasteiger partial charge in [0.1, 0.15) is 0 Å². The van der Waals surface area contributed by atoms with E-state index in [4.69, 9.17) is 16.3 Å². The van der Waals surface area contributed by atoms with Crippen molar-refractivity contribution in [3.63, 3.8) is 0 Å². The van der Waals surface area contributed by atoms with Crippen molar-refractivity contribution in [3.8, 4) is 0 Å². The number of ether oxygens (including phenoxy) is 1. The highest BCUT2D eigenvalue weighted by atomic mass is 35.5. The molecular weight excluding hydrogens is 390 g/mol. The quantitative estimate of drug-likeness (QED) is 0.672. The first kappa shape index (κ1) is 20.7. The summed E-state index contributed by atoms with van der Waals surface area (Å²) in [4.78, 5) is 27.3. The van der Waals surface area contributed by atoms with Crippen molar-refractivity contribution in [1.82, 2.24) is 10.6 Å². The standard InChI is InChI=1S/C22H24ClN3O3/c1-3-26(17-8-6-5-7-9-17)14-18-19(21(27)29-4-2)20(25-22(28)24-18)15-10-12-16(23)13-11-15/h5-13,20H,3-4,14H2,1-2H3,(H2,24,25,28). The molecule has 2 N–H and O–H groups in total. The van der Waals surface area contributed by atoms with E-state index in [2.05, 4.69) is 15.5 Å². The lowest BCUT2D eigenvalue weighted by molar-refractivity contribution is -0.139. The molecule has 0 fully saturated rings. The number of anilines is 1. The molecule has 6 nitrogen and oxygen atoms in total. The van der Waals surface area contributed by atoms with Crippen molar-refractivity contribution in [2.45, 2.75) is 19.9 Å². The van der Waals surface area contributed by atoms with Crippen LogP contribution in [0.4, 0.5) is 10.5 Å². The number of hydrogen-bond acceptors (Lipinski definition) is 4. The Bertz CT molecular complexity index is 897. The Morgan fingerprint density at radius 1 is 1.10 bits per heavy atom. The Morgan fingerprint density at radius 3 is 2.41 bits per heavy atom. The fraction of sp³-hybridized carbons (Fsp3) is 0.273. The maximum Gasteiger partial charge on any atom is 0.338 e. The van der Waals surface area contributed by atoms with Crippen LogP contribution in [0.1, 0.15) is 25.5 Å². The summed E-state index contributed by atoms with van der Waals surface area (Å²) in [6.45, 7) is 5.10. The zero-order chi connectivity index (χ0) is 20.8. The van der Waals surface area contributed by atoms with E-state index < -0.39 is 12.0 Å². The first-order chi connectivity index (χ1) is 14.0. The van der Waals surface area contributed by atoms with Crippen LogP contribution in [-0.4, -0.2) is 31.7 Å². The minimum absolute atomic E-state index is 0.243. The van der Waals surface area contributed by atoms with Gasteiger partial charge in [0.25, 0.3) is 0 Å². The predicted molar refractivity (Wildman–Crippen MR) is 114 cm³/mol. The van der Waals surface area contributed by atoms with Crippen LogP contribution in [0.5, 0.6) is 0 Å². The van der Waals surface area contributed by atoms with E-state index in [0.717, 1.165) is 11.3 Å². The SMILES string of the molecule is CCOC(=O)C1=C(CN(CC)c2ccccc2)NC(=O)NC1c1ccc(Cl)cc1. The van der Waals surface area contributed by atoms with E-state index in [1.54, 1.807) is 31.2 Å². The molecule has 7 heteroatoms. The molecule has 2 aromatic carbocycles. The van der Waals surface area contributed by atoms with Crippen LogP contribution in [0.2, 0.25) is 5.02 Å². The van der Waals surface area contributed by atoms with Gasteiger partial charge in [-0.05, 0) is 43.7 Å². The van der Waals surface area contributed by atoms with E-state index in [1.165, 1.54) is 0 Å². The first-order valence-corrected chi connectivity index (χ1v) is 9.94. The van der Waals surface area contributed by atoms with Crippen molar-refractivity contribution in [1.29, 1.82) is 0 Å². The Balaban J connectivity index is 2.04. The van der Waals surface area contributed by atoms with Gasteiger partial charge in [-0.15, -0.1) is 0 Å². The summed E-state index contributed by atoms with van der Waals surface area (Å²) < 4.78 is 5.31. The molecule has 1 atom stereocenters. The van der Waals surface area contributed by atoms with Gasteiger partial charge in [0.15, 0.2) is 0 Å². The molecule has 29 heavy (non-hydrogen) atoms. The number of nitrogens with one attached hydrogen (secondary N) is 2. The van der Waals surface area contributed by atoms with Gasteiger partial charge in [-0.1, -0.05) is 41.9 Å². The van der Waals surface area contributed by atoms with Gasteiger partial charge in [0.05, 0.1) is 30.5 Å². The summed E-state index contributed by atoms with van der Waals surface area (Å²) in [5.41, 5.74) is 2.68. The molecule has 2 amide bonds. The lowest BCUT2D eigenvalue weighted by atomic mass is 9.95. The van der Waals surface area contributed by atoms with E-state index in [1.807, 2.05) is 37.3 Å². The molecule has 1 heterocycles. The van der Waals surface area contributed by atoms with Gasteiger partial charge >= 0.3 is 12.0 Å². The maximum absolute atomic E-state index is 12.9. The van der Waals surface area contributed by atoms with Crippen LogP contribution >= 0.6 is 11.6 Å². The average molecular weight is 414 g/mol. The molecule has 1 aliphatic heterocycles. The van der Waals surface area contributed by atoms with E-state index >= 15 is 0 Å². The Hall–Kier alpha value is -2.99. The number of carbonyl (C=O) groups is 2. The number of urea groups is 1. The van der Waals surface area contributed by atoms with E-state index in [9.17, 15) is 9.59 Å². The molecule has 1 aliphatic rings. The smallest absolute Gasteiger partial charge is 0.338 e. The number of carbonyl (C=O) groups excluding carboxylic acids is 2. The third kappa shape index (κ3) is 4.90. The topological polar surface area (TPSA) is 70.7 Å². The highest BCUT2D eigenvalue weighted by molar-refractivity contribution is 6.30. The molecule has 0 bridgehead atoms. The van der Waals surface area contributed by atoms with E-state index in [-0.39, 0.29) is 12.6 Å². The molecule has 0 saturated carbocycles. The number of amides is 2. The highest BCUT2D eigenvalue weighted by Gasteiger charge is 2.34. The average Bonchev–Trinajstić information content (AvgIpc) is 2.73. The number of para-hydroxylation sites is 1. The molecule has 0 aliphatic carbocycles. The first-order valence-electron chi connectivity index (χ1n) is 9.56. The number of likely N-dealkylation sites (N-methyl/N-ethyl adjacent to an activating group) is 1. The third-order valence-corrected chi connectivity index (χ3v) is 4.96. The lowest BCUT2D eigenvalue weighted by Gasteiger charge is -2.32. The van der Waals surface area contributed by atoms with Gasteiger partial charge < -0.3 is 20.3 Å². The largest absolute Gasteiger partial charge is 0.463 e. The van der Waals surface area contributed by atoms with Crippen LogP contribution in [0.15, 0.2) is 65.9 Å². The zero-order valence-electron chi connectivity index (χ0n) is 16.4. The second-order valence-corrected chi connectivity index (χ2v) is 6.98. The van der Waals surface area contributed by atoms with Gasteiger partial charge in [-0.25, -0.2) is 9.59 Å². The Labute approximate surface area is 175 Å². The predicted octanol–water partition coefficient (Wildman–Crippen LogP) is 4.04. The monoisotopic (exact) mass is 413 g/mol. The van der Waals surface area contributed by atoms with Crippen molar-refractivity contribution >= 4 is 29.3 Å². The number of benzene rings is 2. The minimum atomic E-state index is -0.621. The third-order valence-electron chi connectivity index (χ3n) is 4.70. The van der Waals surface area contributed by atoms with Crippen LogP contribution in [0.25, 0.3) is 0 Å². The molecule has 0 spiro atoms. The van der Waals surface area contributed by atoms with Crippen LogP contribution < -0.4 is 15.5 Å². The Kier molecular flexibility index (Phi) is 6.77. The summed E-state index contributed by atoms with van der Waals surface area (Å²) in [5, 5.41) is 6.23. The molecule has 2 aromatic rings. The number of rotatable bonds is 7. The molecule has 0 aromatic heterocycles. The van der Waals surface area contributed by atoms with Crippen molar-refractivity contribution in [2.75, 3.05) is 24.6 Å². The zero-order valence-corrected chi connectivity index (χ0v) is 17.2.